The summed E-state index contributed by atoms with van der Waals surface area (Å²) in [5.41, 5.74) is 6.13. The van der Waals surface area contributed by atoms with Crippen LogP contribution < -0.4 is 5.73 Å². The monoisotopic (exact) mass is 196 g/mol. The standard InChI is InChI=1S/C7H8N4OS/c1-4-9-7(12-11-4)5-3-13-6(2-8)10-5/h3H,2,8H2,1H3. The van der Waals surface area contributed by atoms with Crippen LogP contribution in [0.25, 0.3) is 11.6 Å². The smallest absolute Gasteiger partial charge is 0.277 e. The van der Waals surface area contributed by atoms with E-state index in [0.717, 1.165) is 5.01 Å². The molecule has 0 atom stereocenters. The number of nitrogens with two attached hydrogens (primary N) is 1. The Hall–Kier alpha value is -1.27. The van der Waals surface area contributed by atoms with Gasteiger partial charge in [-0.2, -0.15) is 4.98 Å². The lowest BCUT2D eigenvalue weighted by atomic mass is 10.5. The maximum Gasteiger partial charge on any atom is 0.277 e. The average molecular weight is 196 g/mol. The van der Waals surface area contributed by atoms with Gasteiger partial charge >= 0.3 is 0 Å². The van der Waals surface area contributed by atoms with Crippen LogP contribution in [0.15, 0.2) is 9.90 Å². The van der Waals surface area contributed by atoms with Gasteiger partial charge in [-0.05, 0) is 6.92 Å². The Labute approximate surface area is 78.6 Å². The number of aryl methyl sites for hydroxylation is 1. The van der Waals surface area contributed by atoms with Gasteiger partial charge in [-0.15, -0.1) is 11.3 Å². The van der Waals surface area contributed by atoms with E-state index < -0.39 is 0 Å². The van der Waals surface area contributed by atoms with Gasteiger partial charge in [0.1, 0.15) is 10.7 Å². The number of rotatable bonds is 2. The molecule has 2 aromatic heterocycles. The molecule has 0 fully saturated rings. The Morgan fingerprint density at radius 2 is 2.38 bits per heavy atom. The third-order valence-electron chi connectivity index (χ3n) is 1.47. The molecule has 6 heteroatoms. The number of nitrogens with zero attached hydrogens (tertiary/aromatic N) is 3. The van der Waals surface area contributed by atoms with Crippen molar-refractivity contribution in [3.63, 3.8) is 0 Å². The molecule has 68 valence electrons. The summed E-state index contributed by atoms with van der Waals surface area (Å²) in [5, 5.41) is 6.40. The van der Waals surface area contributed by atoms with Crippen LogP contribution in [-0.2, 0) is 6.54 Å². The van der Waals surface area contributed by atoms with E-state index >= 15 is 0 Å². The zero-order valence-corrected chi connectivity index (χ0v) is 7.84. The summed E-state index contributed by atoms with van der Waals surface area (Å²) in [6.07, 6.45) is 0. The number of hydrogen-bond acceptors (Lipinski definition) is 6. The third kappa shape index (κ3) is 1.58. The molecule has 2 heterocycles. The van der Waals surface area contributed by atoms with Crippen LogP contribution in [0.4, 0.5) is 0 Å². The van der Waals surface area contributed by atoms with E-state index in [1.807, 2.05) is 5.38 Å². The van der Waals surface area contributed by atoms with Crippen LogP contribution >= 0.6 is 11.3 Å². The van der Waals surface area contributed by atoms with Crippen molar-refractivity contribution in [3.05, 3.63) is 16.2 Å². The summed E-state index contributed by atoms with van der Waals surface area (Å²) in [6.45, 7) is 2.21. The third-order valence-corrected chi connectivity index (χ3v) is 2.34. The second kappa shape index (κ2) is 3.23. The minimum absolute atomic E-state index is 0.442. The van der Waals surface area contributed by atoms with E-state index in [1.165, 1.54) is 11.3 Å². The zero-order valence-electron chi connectivity index (χ0n) is 7.02. The molecule has 0 aliphatic heterocycles. The van der Waals surface area contributed by atoms with Crippen molar-refractivity contribution in [3.8, 4) is 11.6 Å². The molecule has 0 saturated heterocycles. The molecule has 2 aromatic rings. The van der Waals surface area contributed by atoms with Crippen molar-refractivity contribution in [2.75, 3.05) is 0 Å². The molecule has 0 unspecified atom stereocenters. The van der Waals surface area contributed by atoms with Gasteiger partial charge in [-0.1, -0.05) is 5.16 Å². The summed E-state index contributed by atoms with van der Waals surface area (Å²) in [7, 11) is 0. The highest BCUT2D eigenvalue weighted by molar-refractivity contribution is 7.09. The van der Waals surface area contributed by atoms with Crippen molar-refractivity contribution < 1.29 is 4.52 Å². The molecule has 0 saturated carbocycles. The largest absolute Gasteiger partial charge is 0.332 e. The maximum absolute atomic E-state index is 5.43. The van der Waals surface area contributed by atoms with Gasteiger partial charge in [0.25, 0.3) is 5.89 Å². The predicted octanol–water partition coefficient (Wildman–Crippen LogP) is 0.960. The minimum Gasteiger partial charge on any atom is -0.332 e. The highest BCUT2D eigenvalue weighted by Crippen LogP contribution is 2.19. The predicted molar refractivity (Wildman–Crippen MR) is 48.0 cm³/mol. The Morgan fingerprint density at radius 1 is 1.54 bits per heavy atom. The van der Waals surface area contributed by atoms with Gasteiger partial charge in [-0.25, -0.2) is 4.98 Å². The Balaban J connectivity index is 2.35. The number of aromatic nitrogens is 3. The molecule has 0 spiro atoms. The van der Waals surface area contributed by atoms with Crippen molar-refractivity contribution in [1.82, 2.24) is 15.1 Å². The topological polar surface area (TPSA) is 77.8 Å². The summed E-state index contributed by atoms with van der Waals surface area (Å²) in [6, 6.07) is 0. The van der Waals surface area contributed by atoms with Gasteiger partial charge in [0, 0.05) is 11.9 Å². The highest BCUT2D eigenvalue weighted by atomic mass is 32.1. The fourth-order valence-electron chi connectivity index (χ4n) is 0.904. The zero-order chi connectivity index (χ0) is 9.26. The first-order valence-electron chi connectivity index (χ1n) is 3.75. The van der Waals surface area contributed by atoms with Crippen LogP contribution in [0.5, 0.6) is 0 Å². The van der Waals surface area contributed by atoms with Crippen LogP contribution in [0.3, 0.4) is 0 Å². The second-order valence-corrected chi connectivity index (χ2v) is 3.42. The van der Waals surface area contributed by atoms with Gasteiger partial charge in [0.15, 0.2) is 5.82 Å². The molecular weight excluding hydrogens is 188 g/mol. The quantitative estimate of drug-likeness (QED) is 0.774. The first-order valence-corrected chi connectivity index (χ1v) is 4.62. The summed E-state index contributed by atoms with van der Waals surface area (Å²) >= 11 is 1.49. The van der Waals surface area contributed by atoms with E-state index in [1.54, 1.807) is 6.92 Å². The van der Waals surface area contributed by atoms with E-state index in [0.29, 0.717) is 24.0 Å². The molecular formula is C7H8N4OS. The van der Waals surface area contributed by atoms with Crippen molar-refractivity contribution in [2.24, 2.45) is 5.73 Å². The van der Waals surface area contributed by atoms with Gasteiger partial charge < -0.3 is 10.3 Å². The molecule has 5 nitrogen and oxygen atoms in total. The SMILES string of the molecule is Cc1noc(-c2csc(CN)n2)n1. The Morgan fingerprint density at radius 3 is 2.92 bits per heavy atom. The number of hydrogen-bond donors (Lipinski definition) is 1. The van der Waals surface area contributed by atoms with Crippen molar-refractivity contribution >= 4 is 11.3 Å². The molecule has 2 N–H and O–H groups in total. The summed E-state index contributed by atoms with van der Waals surface area (Å²) in [5.74, 6) is 1.06. The van der Waals surface area contributed by atoms with Crippen LogP contribution in [-0.4, -0.2) is 15.1 Å². The first-order chi connectivity index (χ1) is 6.29. The van der Waals surface area contributed by atoms with Gasteiger partial charge in [0.2, 0.25) is 0 Å². The summed E-state index contributed by atoms with van der Waals surface area (Å²) in [4.78, 5) is 8.26. The Kier molecular flexibility index (Phi) is 2.07. The summed E-state index contributed by atoms with van der Waals surface area (Å²) < 4.78 is 4.95. The lowest BCUT2D eigenvalue weighted by Crippen LogP contribution is -1.94. The Bertz CT molecular complexity index is 408. The van der Waals surface area contributed by atoms with Gasteiger partial charge in [-0.3, -0.25) is 0 Å². The van der Waals surface area contributed by atoms with E-state index in [9.17, 15) is 0 Å². The first kappa shape index (κ1) is 8.33. The molecule has 0 aliphatic rings. The normalized spacial score (nSPS) is 10.6. The van der Waals surface area contributed by atoms with Crippen molar-refractivity contribution in [1.29, 1.82) is 0 Å². The molecule has 0 aliphatic carbocycles. The van der Waals surface area contributed by atoms with Crippen LogP contribution in [0.2, 0.25) is 0 Å². The average Bonchev–Trinajstić information content (AvgIpc) is 2.71. The molecule has 0 aromatic carbocycles. The number of thiazole rings is 1. The lowest BCUT2D eigenvalue weighted by molar-refractivity contribution is 0.424. The fraction of sp³-hybridized carbons (Fsp3) is 0.286. The fourth-order valence-corrected chi connectivity index (χ4v) is 1.55. The molecule has 0 bridgehead atoms. The molecule has 2 rings (SSSR count). The molecule has 13 heavy (non-hydrogen) atoms. The van der Waals surface area contributed by atoms with Crippen LogP contribution in [0.1, 0.15) is 10.8 Å². The van der Waals surface area contributed by atoms with Crippen LogP contribution in [0, 0.1) is 6.92 Å². The van der Waals surface area contributed by atoms with E-state index in [4.69, 9.17) is 10.3 Å². The van der Waals surface area contributed by atoms with Crippen molar-refractivity contribution in [2.45, 2.75) is 13.5 Å². The minimum atomic E-state index is 0.442. The van der Waals surface area contributed by atoms with E-state index in [-0.39, 0.29) is 0 Å². The highest BCUT2D eigenvalue weighted by Gasteiger charge is 2.09. The second-order valence-electron chi connectivity index (χ2n) is 2.48. The van der Waals surface area contributed by atoms with E-state index in [2.05, 4.69) is 15.1 Å². The molecule has 0 radical (unpaired) electrons. The lowest BCUT2D eigenvalue weighted by Gasteiger charge is -1.84. The van der Waals surface area contributed by atoms with Gasteiger partial charge in [0.05, 0.1) is 0 Å². The molecule has 0 amide bonds. The maximum atomic E-state index is 5.43.